The van der Waals surface area contributed by atoms with E-state index in [1.54, 1.807) is 24.3 Å². The second kappa shape index (κ2) is 7.87. The van der Waals surface area contributed by atoms with Crippen molar-refractivity contribution in [1.82, 2.24) is 0 Å². The Kier molecular flexibility index (Phi) is 5.87. The topological polar surface area (TPSA) is 38.3 Å². The number of ether oxygens (including phenoxy) is 1. The molecule has 0 atom stereocenters. The first-order valence-corrected chi connectivity index (χ1v) is 7.51. The van der Waals surface area contributed by atoms with E-state index >= 15 is 0 Å². The first-order valence-electron chi connectivity index (χ1n) is 6.75. The van der Waals surface area contributed by atoms with E-state index in [1.165, 1.54) is 6.08 Å². The first kappa shape index (κ1) is 16.4. The maximum atomic E-state index is 11.9. The van der Waals surface area contributed by atoms with Crippen molar-refractivity contribution in [2.45, 2.75) is 6.92 Å². The van der Waals surface area contributed by atoms with Crippen LogP contribution in [0.4, 0.5) is 5.69 Å². The lowest BCUT2D eigenvalue weighted by atomic mass is 10.2. The van der Waals surface area contributed by atoms with E-state index in [9.17, 15) is 4.79 Å². The number of carbonyl (C=O) groups excluding carboxylic acids is 1. The first-order chi connectivity index (χ1) is 10.6. The molecule has 5 heteroatoms. The van der Waals surface area contributed by atoms with Gasteiger partial charge in [0.2, 0.25) is 5.91 Å². The van der Waals surface area contributed by atoms with Crippen molar-refractivity contribution >= 4 is 40.9 Å². The Morgan fingerprint density at radius 1 is 1.14 bits per heavy atom. The van der Waals surface area contributed by atoms with Gasteiger partial charge in [-0.15, -0.1) is 0 Å². The summed E-state index contributed by atoms with van der Waals surface area (Å²) in [6.45, 7) is 2.56. The molecule has 0 aliphatic carbocycles. The van der Waals surface area contributed by atoms with E-state index in [-0.39, 0.29) is 5.91 Å². The summed E-state index contributed by atoms with van der Waals surface area (Å²) in [5.74, 6) is 0.562. The van der Waals surface area contributed by atoms with E-state index < -0.39 is 0 Å². The fourth-order valence-corrected chi connectivity index (χ4v) is 2.07. The number of benzene rings is 2. The number of hydrogen-bond acceptors (Lipinski definition) is 2. The molecular formula is C17H15Cl2NO2. The Bertz CT molecular complexity index is 682. The predicted octanol–water partition coefficient (Wildman–Crippen LogP) is 5.04. The van der Waals surface area contributed by atoms with E-state index in [0.717, 1.165) is 11.3 Å². The van der Waals surface area contributed by atoms with Crippen molar-refractivity contribution < 1.29 is 9.53 Å². The quantitative estimate of drug-likeness (QED) is 0.777. The molecule has 0 fully saturated rings. The second-order valence-corrected chi connectivity index (χ2v) is 5.27. The summed E-state index contributed by atoms with van der Waals surface area (Å²) in [5.41, 5.74) is 1.50. The van der Waals surface area contributed by atoms with Gasteiger partial charge in [0.1, 0.15) is 5.75 Å². The average molecular weight is 336 g/mol. The normalized spacial score (nSPS) is 10.7. The van der Waals surface area contributed by atoms with Crippen LogP contribution in [0.25, 0.3) is 6.08 Å². The summed E-state index contributed by atoms with van der Waals surface area (Å²) in [6.07, 6.45) is 3.18. The Morgan fingerprint density at radius 2 is 1.86 bits per heavy atom. The van der Waals surface area contributed by atoms with E-state index in [1.807, 2.05) is 31.2 Å². The maximum absolute atomic E-state index is 11.9. The molecule has 1 amide bonds. The molecule has 114 valence electrons. The molecule has 0 radical (unpaired) electrons. The number of amides is 1. The van der Waals surface area contributed by atoms with Crippen molar-refractivity contribution in [3.8, 4) is 5.75 Å². The molecule has 2 aromatic carbocycles. The average Bonchev–Trinajstić information content (AvgIpc) is 2.51. The molecule has 3 nitrogen and oxygen atoms in total. The van der Waals surface area contributed by atoms with Crippen LogP contribution in [0, 0.1) is 0 Å². The van der Waals surface area contributed by atoms with E-state index in [4.69, 9.17) is 27.9 Å². The van der Waals surface area contributed by atoms with Crippen molar-refractivity contribution in [1.29, 1.82) is 0 Å². The highest BCUT2D eigenvalue weighted by Crippen LogP contribution is 2.25. The third-order valence-electron chi connectivity index (χ3n) is 2.81. The fourth-order valence-electron chi connectivity index (χ4n) is 1.77. The summed E-state index contributed by atoms with van der Waals surface area (Å²) in [4.78, 5) is 11.9. The lowest BCUT2D eigenvalue weighted by Gasteiger charge is -2.04. The van der Waals surface area contributed by atoms with Gasteiger partial charge in [-0.1, -0.05) is 35.3 Å². The van der Waals surface area contributed by atoms with Crippen molar-refractivity contribution in [3.05, 3.63) is 64.1 Å². The number of carbonyl (C=O) groups is 1. The third kappa shape index (κ3) is 4.79. The smallest absolute Gasteiger partial charge is 0.248 e. The molecular weight excluding hydrogens is 321 g/mol. The molecule has 0 saturated heterocycles. The van der Waals surface area contributed by atoms with Crippen LogP contribution in [0.5, 0.6) is 5.75 Å². The molecule has 0 spiro atoms. The van der Waals surface area contributed by atoms with Crippen LogP contribution in [0.1, 0.15) is 12.5 Å². The van der Waals surface area contributed by atoms with Crippen molar-refractivity contribution in [2.75, 3.05) is 11.9 Å². The van der Waals surface area contributed by atoms with E-state index in [2.05, 4.69) is 5.32 Å². The molecule has 2 rings (SSSR count). The summed E-state index contributed by atoms with van der Waals surface area (Å²) >= 11 is 11.7. The standard InChI is InChI=1S/C17H15Cl2NO2/c1-2-22-14-7-3-12(4-8-14)5-10-17(21)20-13-6-9-15(18)16(19)11-13/h3-11H,2H2,1H3,(H,20,21)/b10-5+. The largest absolute Gasteiger partial charge is 0.494 e. The molecule has 0 heterocycles. The van der Waals surface area contributed by atoms with Gasteiger partial charge in [0.05, 0.1) is 16.7 Å². The molecule has 0 bridgehead atoms. The summed E-state index contributed by atoms with van der Waals surface area (Å²) in [6, 6.07) is 12.4. The molecule has 0 saturated carbocycles. The van der Waals surface area contributed by atoms with Crippen molar-refractivity contribution in [3.63, 3.8) is 0 Å². The van der Waals surface area contributed by atoms with Gasteiger partial charge in [-0.2, -0.15) is 0 Å². The zero-order valence-electron chi connectivity index (χ0n) is 12.0. The Hall–Kier alpha value is -1.97. The van der Waals surface area contributed by atoms with Crippen molar-refractivity contribution in [2.24, 2.45) is 0 Å². The molecule has 0 unspecified atom stereocenters. The van der Waals surface area contributed by atoms with Gasteiger partial charge in [-0.3, -0.25) is 4.79 Å². The number of anilines is 1. The molecule has 22 heavy (non-hydrogen) atoms. The molecule has 0 aliphatic rings. The third-order valence-corrected chi connectivity index (χ3v) is 3.54. The van der Waals surface area contributed by atoms with Crippen LogP contribution >= 0.6 is 23.2 Å². The van der Waals surface area contributed by atoms with Gasteiger partial charge < -0.3 is 10.1 Å². The highest BCUT2D eigenvalue weighted by Gasteiger charge is 2.02. The zero-order valence-corrected chi connectivity index (χ0v) is 13.5. The molecule has 1 N–H and O–H groups in total. The van der Waals surface area contributed by atoms with Crippen LogP contribution in [0.3, 0.4) is 0 Å². The fraction of sp³-hybridized carbons (Fsp3) is 0.118. The molecule has 0 aromatic heterocycles. The molecule has 2 aromatic rings. The minimum atomic E-state index is -0.243. The second-order valence-electron chi connectivity index (χ2n) is 4.45. The Labute approximate surface area is 139 Å². The number of halogens is 2. The molecule has 0 aliphatic heterocycles. The summed E-state index contributed by atoms with van der Waals surface area (Å²) in [7, 11) is 0. The van der Waals surface area contributed by atoms with Gasteiger partial charge in [0.15, 0.2) is 0 Å². The lowest BCUT2D eigenvalue weighted by molar-refractivity contribution is -0.111. The number of hydrogen-bond donors (Lipinski definition) is 1. The van der Waals surface area contributed by atoms with Gasteiger partial charge >= 0.3 is 0 Å². The minimum absolute atomic E-state index is 0.243. The highest BCUT2D eigenvalue weighted by molar-refractivity contribution is 6.42. The van der Waals surface area contributed by atoms with E-state index in [0.29, 0.717) is 22.3 Å². The van der Waals surface area contributed by atoms with Gasteiger partial charge in [0, 0.05) is 11.8 Å². The van der Waals surface area contributed by atoms with Crippen LogP contribution in [0.15, 0.2) is 48.5 Å². The SMILES string of the molecule is CCOc1ccc(/C=C/C(=O)Nc2ccc(Cl)c(Cl)c2)cc1. The maximum Gasteiger partial charge on any atom is 0.248 e. The number of nitrogens with one attached hydrogen (secondary N) is 1. The lowest BCUT2D eigenvalue weighted by Crippen LogP contribution is -2.07. The number of rotatable bonds is 5. The van der Waals surface area contributed by atoms with Crippen LogP contribution in [-0.2, 0) is 4.79 Å². The Morgan fingerprint density at radius 3 is 2.50 bits per heavy atom. The minimum Gasteiger partial charge on any atom is -0.494 e. The van der Waals surface area contributed by atoms with Crippen LogP contribution < -0.4 is 10.1 Å². The van der Waals surface area contributed by atoms with Crippen LogP contribution in [-0.4, -0.2) is 12.5 Å². The van der Waals surface area contributed by atoms with Gasteiger partial charge in [0.25, 0.3) is 0 Å². The highest BCUT2D eigenvalue weighted by atomic mass is 35.5. The monoisotopic (exact) mass is 335 g/mol. The Balaban J connectivity index is 1.97. The zero-order chi connectivity index (χ0) is 15.9. The van der Waals surface area contributed by atoms with Gasteiger partial charge in [-0.25, -0.2) is 0 Å². The predicted molar refractivity (Wildman–Crippen MR) is 91.7 cm³/mol. The van der Waals surface area contributed by atoms with Gasteiger partial charge in [-0.05, 0) is 48.9 Å². The summed E-state index contributed by atoms with van der Waals surface area (Å²) < 4.78 is 5.36. The van der Waals surface area contributed by atoms with Crippen LogP contribution in [0.2, 0.25) is 10.0 Å². The summed E-state index contributed by atoms with van der Waals surface area (Å²) in [5, 5.41) is 3.57.